The second kappa shape index (κ2) is 16.7. The van der Waals surface area contributed by atoms with E-state index in [9.17, 15) is 4.39 Å². The van der Waals surface area contributed by atoms with E-state index < -0.39 is 5.82 Å². The maximum atomic E-state index is 13.7. The molecule has 2 rings (SSSR count). The summed E-state index contributed by atoms with van der Waals surface area (Å²) in [5.74, 6) is -0.560. The van der Waals surface area contributed by atoms with Crippen molar-refractivity contribution in [2.24, 2.45) is 0 Å². The number of benzene rings is 2. The van der Waals surface area contributed by atoms with E-state index in [1.165, 1.54) is 30.5 Å². The van der Waals surface area contributed by atoms with Crippen molar-refractivity contribution in [2.45, 2.75) is 48.0 Å². The van der Waals surface area contributed by atoms with Gasteiger partial charge in [-0.1, -0.05) is 78.6 Å². The van der Waals surface area contributed by atoms with Gasteiger partial charge in [0, 0.05) is 23.2 Å². The van der Waals surface area contributed by atoms with Crippen LogP contribution in [0.15, 0.2) is 43.0 Å². The third kappa shape index (κ3) is 8.96. The Balaban J connectivity index is 0. The molecule has 0 saturated carbocycles. The number of anilines is 2. The van der Waals surface area contributed by atoms with Crippen molar-refractivity contribution in [3.05, 3.63) is 65.5 Å². The lowest BCUT2D eigenvalue weighted by atomic mass is 9.97. The molecule has 0 fully saturated rings. The van der Waals surface area contributed by atoms with Crippen molar-refractivity contribution in [2.75, 3.05) is 16.7 Å². The summed E-state index contributed by atoms with van der Waals surface area (Å²) in [7, 11) is 0. The van der Waals surface area contributed by atoms with E-state index in [1.807, 2.05) is 46.1 Å². The van der Waals surface area contributed by atoms with Crippen LogP contribution in [-0.2, 0) is 0 Å². The van der Waals surface area contributed by atoms with Crippen molar-refractivity contribution in [1.82, 2.24) is 0 Å². The number of nitrogens with one attached hydrogen (secondary N) is 1. The Morgan fingerprint density at radius 1 is 1.14 bits per heavy atom. The molecule has 0 radical (unpaired) electrons. The van der Waals surface area contributed by atoms with Gasteiger partial charge in [-0.2, -0.15) is 5.26 Å². The topological polar surface area (TPSA) is 61.8 Å². The highest BCUT2D eigenvalue weighted by atomic mass is 32.2. The van der Waals surface area contributed by atoms with Crippen LogP contribution in [0.4, 0.5) is 15.8 Å². The molecule has 28 heavy (non-hydrogen) atoms. The monoisotopic (exact) mass is 403 g/mol. The molecule has 0 unspecified atom stereocenters. The third-order valence-corrected chi connectivity index (χ3v) is 3.47. The quantitative estimate of drug-likeness (QED) is 0.410. The maximum Gasteiger partial charge on any atom is 0.141 e. The van der Waals surface area contributed by atoms with Crippen LogP contribution in [0.1, 0.15) is 64.7 Å². The lowest BCUT2D eigenvalue weighted by Crippen LogP contribution is -1.97. The van der Waals surface area contributed by atoms with E-state index >= 15 is 0 Å². The summed E-state index contributed by atoms with van der Waals surface area (Å²) in [4.78, 5) is 0. The van der Waals surface area contributed by atoms with E-state index in [0.717, 1.165) is 11.3 Å². The number of rotatable bonds is 4. The molecule has 0 spiro atoms. The molecule has 0 heterocycles. The van der Waals surface area contributed by atoms with Gasteiger partial charge in [-0.3, -0.25) is 0 Å². The summed E-state index contributed by atoms with van der Waals surface area (Å²) in [6.07, 6.45) is 3.17. The molecule has 2 aromatic carbocycles. The van der Waals surface area contributed by atoms with E-state index in [-0.39, 0.29) is 5.56 Å². The first kappa shape index (κ1) is 27.8. The van der Waals surface area contributed by atoms with E-state index in [4.69, 9.17) is 11.0 Å². The zero-order valence-corrected chi connectivity index (χ0v) is 19.0. The number of hydrogen-bond acceptors (Lipinski definition) is 4. The van der Waals surface area contributed by atoms with Crippen LogP contribution in [-0.4, -0.2) is 6.26 Å². The zero-order chi connectivity index (χ0) is 22.1. The Bertz CT molecular complexity index is 752. The zero-order valence-electron chi connectivity index (χ0n) is 18.2. The fourth-order valence-corrected chi connectivity index (χ4v) is 2.33. The SMILES string of the molecule is C=C(c1ccc(C#N)c(F)c1)c1ccc(NSC)cc1N.CC.CC.CCC. The minimum atomic E-state index is -0.560. The molecule has 0 aliphatic carbocycles. The summed E-state index contributed by atoms with van der Waals surface area (Å²) in [6.45, 7) is 16.2. The summed E-state index contributed by atoms with van der Waals surface area (Å²) in [5.41, 5.74) is 9.45. The number of hydrogen-bond donors (Lipinski definition) is 2. The number of nitrogen functional groups attached to an aromatic ring is 1. The van der Waals surface area contributed by atoms with Crippen LogP contribution in [0.2, 0.25) is 0 Å². The average Bonchev–Trinajstić information content (AvgIpc) is 2.71. The molecule has 0 aliphatic rings. The second-order valence-electron chi connectivity index (χ2n) is 5.10. The number of nitrogens with zero attached hydrogens (tertiary/aromatic N) is 1. The number of halogens is 1. The predicted octanol–water partition coefficient (Wildman–Crippen LogP) is 7.50. The van der Waals surface area contributed by atoms with Crippen LogP contribution < -0.4 is 10.5 Å². The van der Waals surface area contributed by atoms with Gasteiger partial charge in [0.25, 0.3) is 0 Å². The van der Waals surface area contributed by atoms with E-state index in [0.29, 0.717) is 16.8 Å². The summed E-state index contributed by atoms with van der Waals surface area (Å²) >= 11 is 1.47. The minimum Gasteiger partial charge on any atom is -0.398 e. The highest BCUT2D eigenvalue weighted by molar-refractivity contribution is 7.99. The van der Waals surface area contributed by atoms with E-state index in [1.54, 1.807) is 18.2 Å². The molecule has 0 saturated heterocycles. The van der Waals surface area contributed by atoms with Gasteiger partial charge in [-0.25, -0.2) is 4.39 Å². The smallest absolute Gasteiger partial charge is 0.141 e. The fourth-order valence-electron chi connectivity index (χ4n) is 1.97. The van der Waals surface area contributed by atoms with Gasteiger partial charge < -0.3 is 10.5 Å². The van der Waals surface area contributed by atoms with E-state index in [2.05, 4.69) is 25.1 Å². The fraction of sp³-hybridized carbons (Fsp3) is 0.348. The summed E-state index contributed by atoms with van der Waals surface area (Å²) in [6, 6.07) is 11.7. The van der Waals surface area contributed by atoms with Gasteiger partial charge in [0.15, 0.2) is 0 Å². The molecular formula is C23H34FN3S. The van der Waals surface area contributed by atoms with Crippen LogP contribution >= 0.6 is 11.9 Å². The molecule has 154 valence electrons. The Kier molecular flexibility index (Phi) is 16.6. The highest BCUT2D eigenvalue weighted by Gasteiger charge is 2.10. The molecule has 0 atom stereocenters. The maximum absolute atomic E-state index is 13.7. The Hall–Kier alpha value is -2.45. The molecule has 3 nitrogen and oxygen atoms in total. The van der Waals surface area contributed by atoms with Gasteiger partial charge in [-0.05, 0) is 35.4 Å². The average molecular weight is 404 g/mol. The van der Waals surface area contributed by atoms with Crippen LogP contribution in [0.5, 0.6) is 0 Å². The van der Waals surface area contributed by atoms with Gasteiger partial charge in [0.05, 0.1) is 5.56 Å². The molecule has 3 N–H and O–H groups in total. The van der Waals surface area contributed by atoms with Gasteiger partial charge in [0.1, 0.15) is 11.9 Å². The van der Waals surface area contributed by atoms with Crippen molar-refractivity contribution in [3.8, 4) is 6.07 Å². The molecule has 0 aromatic heterocycles. The Labute approximate surface area is 175 Å². The van der Waals surface area contributed by atoms with Crippen LogP contribution in [0, 0.1) is 17.1 Å². The van der Waals surface area contributed by atoms with Gasteiger partial charge in [-0.15, -0.1) is 0 Å². The molecule has 2 aromatic rings. The van der Waals surface area contributed by atoms with Gasteiger partial charge >= 0.3 is 0 Å². The summed E-state index contributed by atoms with van der Waals surface area (Å²) in [5, 5.41) is 8.75. The largest absolute Gasteiger partial charge is 0.398 e. The van der Waals surface area contributed by atoms with Crippen molar-refractivity contribution in [1.29, 1.82) is 5.26 Å². The number of nitrogens with two attached hydrogens (primary N) is 1. The lowest BCUT2D eigenvalue weighted by Gasteiger charge is -2.12. The molecule has 0 aliphatic heterocycles. The minimum absolute atomic E-state index is 0.0130. The lowest BCUT2D eigenvalue weighted by molar-refractivity contribution is 0.623. The highest BCUT2D eigenvalue weighted by Crippen LogP contribution is 2.30. The standard InChI is InChI=1S/C16H14FN3S.C3H8.2C2H6/c1-10(11-3-4-12(9-18)15(17)7-11)14-6-5-13(20-21-2)8-16(14)19;1-3-2;2*1-2/h3-8,20H,1,19H2,2H3;3H2,1-2H3;2*1-2H3. The molecular weight excluding hydrogens is 369 g/mol. The van der Waals surface area contributed by atoms with Crippen molar-refractivity contribution in [3.63, 3.8) is 0 Å². The Morgan fingerprint density at radius 3 is 2.14 bits per heavy atom. The second-order valence-corrected chi connectivity index (χ2v) is 5.71. The van der Waals surface area contributed by atoms with Crippen molar-refractivity contribution >= 4 is 28.9 Å². The van der Waals surface area contributed by atoms with Crippen molar-refractivity contribution < 1.29 is 4.39 Å². The normalized spacial score (nSPS) is 8.54. The molecule has 0 bridgehead atoms. The first-order valence-corrected chi connectivity index (χ1v) is 10.8. The number of nitriles is 1. The van der Waals surface area contributed by atoms with Crippen LogP contribution in [0.3, 0.4) is 0 Å². The first-order chi connectivity index (χ1) is 13.5. The van der Waals surface area contributed by atoms with Gasteiger partial charge in [0.2, 0.25) is 0 Å². The van der Waals surface area contributed by atoms with Crippen LogP contribution in [0.25, 0.3) is 5.57 Å². The summed E-state index contributed by atoms with van der Waals surface area (Å²) < 4.78 is 16.8. The first-order valence-electron chi connectivity index (χ1n) is 9.56. The predicted molar refractivity (Wildman–Crippen MR) is 126 cm³/mol. The molecule has 5 heteroatoms. The molecule has 0 amide bonds. The Morgan fingerprint density at radius 2 is 1.71 bits per heavy atom. The third-order valence-electron chi connectivity index (χ3n) is 3.03.